The zero-order chi connectivity index (χ0) is 13.1. The summed E-state index contributed by atoms with van der Waals surface area (Å²) in [5, 5.41) is 0. The molecule has 3 heteroatoms. The van der Waals surface area contributed by atoms with E-state index in [9.17, 15) is 4.79 Å². The van der Waals surface area contributed by atoms with Gasteiger partial charge in [0.2, 0.25) is 0 Å². The second kappa shape index (κ2) is 5.08. The number of hydrogen-bond donors (Lipinski definition) is 0. The second-order valence-electron chi connectivity index (χ2n) is 4.54. The Morgan fingerprint density at radius 2 is 2.00 bits per heavy atom. The van der Waals surface area contributed by atoms with Crippen LogP contribution in [0, 0.1) is 13.8 Å². The molecule has 1 aromatic heterocycles. The summed E-state index contributed by atoms with van der Waals surface area (Å²) in [6.07, 6.45) is 1.61. The van der Waals surface area contributed by atoms with Crippen molar-refractivity contribution in [2.45, 2.75) is 20.4 Å². The molecule has 3 nitrogen and oxygen atoms in total. The molecule has 0 fully saturated rings. The molecule has 0 aliphatic heterocycles. The van der Waals surface area contributed by atoms with Gasteiger partial charge in [0.05, 0.1) is 12.8 Å². The van der Waals surface area contributed by atoms with Crippen molar-refractivity contribution in [3.05, 3.63) is 59.0 Å². The summed E-state index contributed by atoms with van der Waals surface area (Å²) in [5.74, 6) is 0.796. The van der Waals surface area contributed by atoms with Gasteiger partial charge in [-0.15, -0.1) is 0 Å². The molecule has 0 bridgehead atoms. The number of hydrogen-bond acceptors (Lipinski definition) is 2. The van der Waals surface area contributed by atoms with Crippen molar-refractivity contribution in [3.8, 4) is 0 Å². The van der Waals surface area contributed by atoms with Crippen molar-refractivity contribution in [2.75, 3.05) is 7.05 Å². The number of nitrogens with zero attached hydrogens (tertiary/aromatic N) is 1. The van der Waals surface area contributed by atoms with E-state index in [-0.39, 0.29) is 5.91 Å². The zero-order valence-corrected chi connectivity index (χ0v) is 10.9. The Balaban J connectivity index is 2.12. The molecular formula is C15H17NO2. The standard InChI is InChI=1S/C15H17NO2/c1-11-6-7-13(9-12(11)2)15(17)16(3)10-14-5-4-8-18-14/h4-9H,10H2,1-3H3. The predicted molar refractivity (Wildman–Crippen MR) is 70.4 cm³/mol. The monoisotopic (exact) mass is 243 g/mol. The maximum atomic E-state index is 12.2. The van der Waals surface area contributed by atoms with Crippen LogP contribution in [0.2, 0.25) is 0 Å². The number of aryl methyl sites for hydroxylation is 2. The van der Waals surface area contributed by atoms with Gasteiger partial charge in [0.25, 0.3) is 5.91 Å². The summed E-state index contributed by atoms with van der Waals surface area (Å²) in [6.45, 7) is 4.54. The molecule has 18 heavy (non-hydrogen) atoms. The molecule has 0 spiro atoms. The number of furan rings is 1. The predicted octanol–water partition coefficient (Wildman–Crippen LogP) is 3.17. The molecule has 0 aliphatic rings. The van der Waals surface area contributed by atoms with Gasteiger partial charge in [0, 0.05) is 12.6 Å². The Morgan fingerprint density at radius 1 is 1.22 bits per heavy atom. The van der Waals surface area contributed by atoms with Crippen LogP contribution in [-0.4, -0.2) is 17.9 Å². The van der Waals surface area contributed by atoms with Gasteiger partial charge in [0.15, 0.2) is 0 Å². The summed E-state index contributed by atoms with van der Waals surface area (Å²) in [7, 11) is 1.78. The van der Waals surface area contributed by atoms with E-state index in [4.69, 9.17) is 4.42 Å². The van der Waals surface area contributed by atoms with Crippen LogP contribution in [0.3, 0.4) is 0 Å². The van der Waals surface area contributed by atoms with E-state index < -0.39 is 0 Å². The molecule has 0 saturated carbocycles. The van der Waals surface area contributed by atoms with Crippen molar-refractivity contribution >= 4 is 5.91 Å². The van der Waals surface area contributed by atoms with Crippen molar-refractivity contribution in [2.24, 2.45) is 0 Å². The van der Waals surface area contributed by atoms with Crippen LogP contribution in [0.5, 0.6) is 0 Å². The van der Waals surface area contributed by atoms with Crippen molar-refractivity contribution in [1.29, 1.82) is 0 Å². The first kappa shape index (κ1) is 12.4. The van der Waals surface area contributed by atoms with Crippen molar-refractivity contribution in [1.82, 2.24) is 4.90 Å². The summed E-state index contributed by atoms with van der Waals surface area (Å²) < 4.78 is 5.24. The minimum atomic E-state index is 0.00880. The van der Waals surface area contributed by atoms with Crippen LogP contribution in [0.1, 0.15) is 27.2 Å². The van der Waals surface area contributed by atoms with Crippen molar-refractivity contribution < 1.29 is 9.21 Å². The Bertz CT molecular complexity index is 544. The molecule has 2 rings (SSSR count). The van der Waals surface area contributed by atoms with E-state index in [1.165, 1.54) is 5.56 Å². The number of carbonyl (C=O) groups excluding carboxylic acids is 1. The molecule has 0 unspecified atom stereocenters. The summed E-state index contributed by atoms with van der Waals surface area (Å²) in [4.78, 5) is 13.9. The molecule has 0 radical (unpaired) electrons. The van der Waals surface area contributed by atoms with Gasteiger partial charge in [-0.05, 0) is 49.2 Å². The lowest BCUT2D eigenvalue weighted by Gasteiger charge is -2.16. The molecule has 0 aliphatic carbocycles. The van der Waals surface area contributed by atoms with Gasteiger partial charge in [-0.25, -0.2) is 0 Å². The summed E-state index contributed by atoms with van der Waals surface area (Å²) in [5.41, 5.74) is 3.04. The first-order valence-corrected chi connectivity index (χ1v) is 5.93. The Hall–Kier alpha value is -2.03. The van der Waals surface area contributed by atoms with E-state index in [2.05, 4.69) is 0 Å². The van der Waals surface area contributed by atoms with Crippen molar-refractivity contribution in [3.63, 3.8) is 0 Å². The first-order valence-electron chi connectivity index (χ1n) is 5.93. The number of amides is 1. The van der Waals surface area contributed by atoms with Crippen LogP contribution in [0.4, 0.5) is 0 Å². The van der Waals surface area contributed by atoms with E-state index in [0.29, 0.717) is 12.1 Å². The smallest absolute Gasteiger partial charge is 0.254 e. The highest BCUT2D eigenvalue weighted by molar-refractivity contribution is 5.94. The van der Waals surface area contributed by atoms with Crippen LogP contribution >= 0.6 is 0 Å². The van der Waals surface area contributed by atoms with Gasteiger partial charge in [-0.2, -0.15) is 0 Å². The fourth-order valence-electron chi connectivity index (χ4n) is 1.80. The molecule has 94 valence electrons. The van der Waals surface area contributed by atoms with Crippen LogP contribution < -0.4 is 0 Å². The van der Waals surface area contributed by atoms with Gasteiger partial charge >= 0.3 is 0 Å². The second-order valence-corrected chi connectivity index (χ2v) is 4.54. The van der Waals surface area contributed by atoms with Gasteiger partial charge in [-0.3, -0.25) is 4.79 Å². The average Bonchev–Trinajstić information content (AvgIpc) is 2.84. The molecule has 2 aromatic rings. The zero-order valence-electron chi connectivity index (χ0n) is 10.9. The van der Waals surface area contributed by atoms with Crippen LogP contribution in [0.25, 0.3) is 0 Å². The molecule has 1 aromatic carbocycles. The molecule has 0 saturated heterocycles. The Morgan fingerprint density at radius 3 is 2.61 bits per heavy atom. The van der Waals surface area contributed by atoms with Gasteiger partial charge in [0.1, 0.15) is 5.76 Å². The van der Waals surface area contributed by atoms with Crippen LogP contribution in [0.15, 0.2) is 41.0 Å². The quantitative estimate of drug-likeness (QED) is 0.829. The molecular weight excluding hydrogens is 226 g/mol. The molecule has 0 N–H and O–H groups in total. The highest BCUT2D eigenvalue weighted by Gasteiger charge is 2.13. The van der Waals surface area contributed by atoms with Crippen LogP contribution in [-0.2, 0) is 6.54 Å². The highest BCUT2D eigenvalue weighted by Crippen LogP contribution is 2.13. The molecule has 1 heterocycles. The third-order valence-electron chi connectivity index (χ3n) is 3.07. The lowest BCUT2D eigenvalue weighted by atomic mass is 10.1. The Labute approximate surface area is 107 Å². The largest absolute Gasteiger partial charge is 0.467 e. The van der Waals surface area contributed by atoms with Gasteiger partial charge < -0.3 is 9.32 Å². The van der Waals surface area contributed by atoms with Gasteiger partial charge in [-0.1, -0.05) is 6.07 Å². The third kappa shape index (κ3) is 2.62. The topological polar surface area (TPSA) is 33.5 Å². The van der Waals surface area contributed by atoms with E-state index in [1.807, 2.05) is 44.2 Å². The minimum Gasteiger partial charge on any atom is -0.467 e. The maximum Gasteiger partial charge on any atom is 0.254 e. The summed E-state index contributed by atoms with van der Waals surface area (Å²) in [6, 6.07) is 9.46. The number of rotatable bonds is 3. The number of carbonyl (C=O) groups is 1. The first-order chi connectivity index (χ1) is 8.58. The normalized spacial score (nSPS) is 10.4. The minimum absolute atomic E-state index is 0.00880. The molecule has 1 amide bonds. The highest BCUT2D eigenvalue weighted by atomic mass is 16.3. The average molecular weight is 243 g/mol. The lowest BCUT2D eigenvalue weighted by Crippen LogP contribution is -2.26. The lowest BCUT2D eigenvalue weighted by molar-refractivity contribution is 0.0775. The van der Waals surface area contributed by atoms with E-state index in [1.54, 1.807) is 18.2 Å². The maximum absolute atomic E-state index is 12.2. The molecule has 0 atom stereocenters. The summed E-state index contributed by atoms with van der Waals surface area (Å²) >= 11 is 0. The Kier molecular flexibility index (Phi) is 3.51. The van der Waals surface area contributed by atoms with E-state index in [0.717, 1.165) is 11.3 Å². The SMILES string of the molecule is Cc1ccc(C(=O)N(C)Cc2ccco2)cc1C. The fourth-order valence-corrected chi connectivity index (χ4v) is 1.80. The van der Waals surface area contributed by atoms with E-state index >= 15 is 0 Å². The third-order valence-corrected chi connectivity index (χ3v) is 3.07. The number of benzene rings is 1. The fraction of sp³-hybridized carbons (Fsp3) is 0.267.